The summed E-state index contributed by atoms with van der Waals surface area (Å²) in [7, 11) is 1.22. The number of carbonyl (C=O) groups is 3. The summed E-state index contributed by atoms with van der Waals surface area (Å²) >= 11 is 0. The van der Waals surface area contributed by atoms with Gasteiger partial charge >= 0.3 is 5.97 Å². The highest BCUT2D eigenvalue weighted by Gasteiger charge is 2.64. The van der Waals surface area contributed by atoms with Crippen molar-refractivity contribution in [1.29, 1.82) is 0 Å². The first-order chi connectivity index (χ1) is 17.5. The van der Waals surface area contributed by atoms with Crippen LogP contribution >= 0.6 is 0 Å². The summed E-state index contributed by atoms with van der Waals surface area (Å²) in [6.45, 7) is 15.1. The number of fused-ring (bicyclic) bond motifs is 3. The molecule has 0 heterocycles. The van der Waals surface area contributed by atoms with Crippen molar-refractivity contribution < 1.29 is 34.4 Å². The number of ether oxygens (including phenoxy) is 1. The van der Waals surface area contributed by atoms with Crippen LogP contribution in [0, 0.1) is 28.1 Å². The Morgan fingerprint density at radius 2 is 1.74 bits per heavy atom. The molecule has 3 N–H and O–H groups in total. The number of ketones is 2. The molecule has 3 aliphatic rings. The summed E-state index contributed by atoms with van der Waals surface area (Å²) in [5, 5.41) is 34.6. The first kappa shape index (κ1) is 27.3. The number of benzene rings is 1. The van der Waals surface area contributed by atoms with Gasteiger partial charge in [0.25, 0.3) is 0 Å². The second-order valence-electron chi connectivity index (χ2n) is 11.8. The number of allylic oxidation sites excluding steroid dienone is 3. The van der Waals surface area contributed by atoms with Crippen molar-refractivity contribution in [1.82, 2.24) is 0 Å². The molecule has 0 saturated carbocycles. The number of carbonyl (C=O) groups excluding carboxylic acids is 3. The van der Waals surface area contributed by atoms with E-state index >= 15 is 0 Å². The molecule has 4 rings (SSSR count). The molecule has 38 heavy (non-hydrogen) atoms. The van der Waals surface area contributed by atoms with Gasteiger partial charge < -0.3 is 20.1 Å². The fourth-order valence-corrected chi connectivity index (χ4v) is 6.97. The Morgan fingerprint density at radius 3 is 2.29 bits per heavy atom. The lowest BCUT2D eigenvalue weighted by Crippen LogP contribution is -2.55. The number of rotatable bonds is 2. The van der Waals surface area contributed by atoms with Gasteiger partial charge in [0.15, 0.2) is 11.6 Å². The molecule has 0 bridgehead atoms. The van der Waals surface area contributed by atoms with Gasteiger partial charge in [-0.25, -0.2) is 4.79 Å². The number of esters is 1. The maximum atomic E-state index is 13.0. The summed E-state index contributed by atoms with van der Waals surface area (Å²) in [6.07, 6.45) is 0.868. The predicted octanol–water partition coefficient (Wildman–Crippen LogP) is 5.22. The van der Waals surface area contributed by atoms with Crippen molar-refractivity contribution >= 4 is 23.1 Å². The van der Waals surface area contributed by atoms with E-state index in [1.54, 1.807) is 13.0 Å². The molecule has 0 aromatic heterocycles. The number of methoxy groups -OCH3 is 1. The zero-order valence-electron chi connectivity index (χ0n) is 23.0. The van der Waals surface area contributed by atoms with E-state index < -0.39 is 39.5 Å². The zero-order chi connectivity index (χ0) is 28.5. The molecule has 0 amide bonds. The predicted molar refractivity (Wildman–Crippen MR) is 142 cm³/mol. The molecule has 3 aliphatic carbocycles. The third kappa shape index (κ3) is 3.53. The Balaban J connectivity index is 2.05. The van der Waals surface area contributed by atoms with Crippen LogP contribution in [0.4, 0.5) is 0 Å². The average Bonchev–Trinajstić information content (AvgIpc) is 2.79. The fourth-order valence-electron chi connectivity index (χ4n) is 6.97. The van der Waals surface area contributed by atoms with Crippen molar-refractivity contribution in [3.8, 4) is 17.6 Å². The van der Waals surface area contributed by atoms with Gasteiger partial charge in [-0.1, -0.05) is 40.2 Å². The summed E-state index contributed by atoms with van der Waals surface area (Å²) in [5.41, 5.74) is 0.0605. The van der Waals surface area contributed by atoms with E-state index in [1.807, 2.05) is 27.7 Å². The molecule has 0 unspecified atom stereocenters. The van der Waals surface area contributed by atoms with E-state index in [9.17, 15) is 29.7 Å². The number of aliphatic hydroxyl groups excluding tert-OH is 2. The molecule has 0 aliphatic heterocycles. The van der Waals surface area contributed by atoms with Crippen LogP contribution in [0.5, 0.6) is 5.75 Å². The molecule has 1 aromatic carbocycles. The highest BCUT2D eigenvalue weighted by atomic mass is 16.5. The van der Waals surface area contributed by atoms with Crippen LogP contribution in [-0.4, -0.2) is 40.0 Å². The van der Waals surface area contributed by atoms with Crippen LogP contribution in [0.15, 0.2) is 35.3 Å². The van der Waals surface area contributed by atoms with E-state index in [0.29, 0.717) is 29.6 Å². The van der Waals surface area contributed by atoms with Crippen LogP contribution < -0.4 is 0 Å². The Labute approximate surface area is 222 Å². The number of hydrogen-bond donors (Lipinski definition) is 3. The van der Waals surface area contributed by atoms with Crippen LogP contribution in [0.2, 0.25) is 0 Å². The molecular formula is C31H34O7. The van der Waals surface area contributed by atoms with Gasteiger partial charge in [-0.2, -0.15) is 0 Å². The van der Waals surface area contributed by atoms with Gasteiger partial charge in [0.2, 0.25) is 0 Å². The van der Waals surface area contributed by atoms with E-state index in [0.717, 1.165) is 11.1 Å². The number of phenolic OH excluding ortho intramolecular Hbond substituents is 1. The smallest absolute Gasteiger partial charge is 0.384 e. The second kappa shape index (κ2) is 8.62. The summed E-state index contributed by atoms with van der Waals surface area (Å²) in [4.78, 5) is 37.0. The zero-order valence-corrected chi connectivity index (χ0v) is 23.0. The third-order valence-corrected chi connectivity index (χ3v) is 8.91. The number of Topliss-reactive ketones (excluding diaryl/α,β-unsaturated/α-hetero) is 2. The van der Waals surface area contributed by atoms with Gasteiger partial charge in [0.05, 0.1) is 23.7 Å². The molecule has 3 atom stereocenters. The summed E-state index contributed by atoms with van der Waals surface area (Å²) < 4.78 is 4.61. The minimum absolute atomic E-state index is 0.000913. The standard InChI is InChI=1S/C31H34O7/c1-15(2)19-11-18(9-10-22(34)38-8)26(35)23-16(3)25-28(37)31(7)27(36)24(17(4)32)21(33)13-30(31,6)14-29(25,5)12-20(19)23/h11,15,35-37H,3,12-14H2,1-2,4-8H3/t29-,30+,31-/m1/s1. The second-order valence-corrected chi connectivity index (χ2v) is 11.8. The Hall–Kier alpha value is -3.79. The summed E-state index contributed by atoms with van der Waals surface area (Å²) in [6, 6.07) is 1.77. The fraction of sp³-hybridized carbons (Fsp3) is 0.452. The molecule has 0 radical (unpaired) electrons. The molecule has 7 heteroatoms. The van der Waals surface area contributed by atoms with Gasteiger partial charge in [0, 0.05) is 28.9 Å². The van der Waals surface area contributed by atoms with Crippen LogP contribution in [0.3, 0.4) is 0 Å². The molecule has 7 nitrogen and oxygen atoms in total. The van der Waals surface area contributed by atoms with Crippen LogP contribution in [0.25, 0.3) is 5.57 Å². The average molecular weight is 519 g/mol. The number of aliphatic hydroxyl groups is 2. The van der Waals surface area contributed by atoms with Gasteiger partial charge in [0.1, 0.15) is 17.3 Å². The molecule has 0 fully saturated rings. The molecule has 1 aromatic rings. The Morgan fingerprint density at radius 1 is 1.11 bits per heavy atom. The molecule has 0 saturated heterocycles. The maximum absolute atomic E-state index is 13.0. The number of phenols is 1. The van der Waals surface area contributed by atoms with Gasteiger partial charge in [-0.05, 0) is 60.8 Å². The van der Waals surface area contributed by atoms with Gasteiger partial charge in [-0.15, -0.1) is 0 Å². The highest BCUT2D eigenvalue weighted by molar-refractivity contribution is 6.20. The molecule has 200 valence electrons. The minimum Gasteiger partial charge on any atom is -0.511 e. The monoisotopic (exact) mass is 518 g/mol. The minimum atomic E-state index is -1.41. The first-order valence-corrected chi connectivity index (χ1v) is 12.6. The van der Waals surface area contributed by atoms with E-state index in [2.05, 4.69) is 23.2 Å². The SMILES string of the molecule is C=C1C2=C(O)[C@@]3(C)C(O)=C(C(C)=O)C(=O)C[C@@]3(C)C[C@@]2(C)Cc2c(C(C)C)cc(C#CC(=O)OC)c(O)c21. The van der Waals surface area contributed by atoms with Crippen molar-refractivity contribution in [3.05, 3.63) is 57.6 Å². The van der Waals surface area contributed by atoms with Crippen LogP contribution in [0.1, 0.15) is 82.6 Å². The molecular weight excluding hydrogens is 484 g/mol. The third-order valence-electron chi connectivity index (χ3n) is 8.91. The van der Waals surface area contributed by atoms with E-state index in [4.69, 9.17) is 0 Å². The molecule has 0 spiro atoms. The lowest BCUT2D eigenvalue weighted by Gasteiger charge is -2.58. The summed E-state index contributed by atoms with van der Waals surface area (Å²) in [5.74, 6) is 2.62. The normalized spacial score (nSPS) is 28.3. The maximum Gasteiger partial charge on any atom is 0.384 e. The quantitative estimate of drug-likeness (QED) is 0.279. The van der Waals surface area contributed by atoms with Crippen molar-refractivity contribution in [3.63, 3.8) is 0 Å². The lowest BCUT2D eigenvalue weighted by atomic mass is 9.45. The Kier molecular flexibility index (Phi) is 6.18. The number of aromatic hydroxyl groups is 1. The van der Waals surface area contributed by atoms with Crippen molar-refractivity contribution in [2.24, 2.45) is 16.2 Å². The van der Waals surface area contributed by atoms with E-state index in [-0.39, 0.29) is 35.0 Å². The van der Waals surface area contributed by atoms with E-state index in [1.165, 1.54) is 14.0 Å². The highest BCUT2D eigenvalue weighted by Crippen LogP contribution is 2.68. The van der Waals surface area contributed by atoms with Crippen molar-refractivity contribution in [2.45, 2.75) is 66.7 Å². The topological polar surface area (TPSA) is 121 Å². The lowest BCUT2D eigenvalue weighted by molar-refractivity contribution is -0.134. The first-order valence-electron chi connectivity index (χ1n) is 12.6. The van der Waals surface area contributed by atoms with Gasteiger partial charge in [-0.3, -0.25) is 9.59 Å². The van der Waals surface area contributed by atoms with Crippen LogP contribution in [-0.2, 0) is 25.5 Å². The van der Waals surface area contributed by atoms with Crippen molar-refractivity contribution in [2.75, 3.05) is 7.11 Å². The number of hydrogen-bond acceptors (Lipinski definition) is 7. The largest absolute Gasteiger partial charge is 0.511 e. The Bertz CT molecular complexity index is 1460.